The third kappa shape index (κ3) is 4.92. The topological polar surface area (TPSA) is 23.5 Å². The van der Waals surface area contributed by atoms with Crippen LogP contribution in [0.25, 0.3) is 0 Å². The van der Waals surface area contributed by atoms with Gasteiger partial charge in [0.05, 0.1) is 6.10 Å². The van der Waals surface area contributed by atoms with Crippen molar-refractivity contribution in [3.8, 4) is 0 Å². The van der Waals surface area contributed by atoms with E-state index in [-0.39, 0.29) is 6.10 Å². The molecule has 2 atom stereocenters. The first-order valence-corrected chi connectivity index (χ1v) is 8.79. The highest BCUT2D eigenvalue weighted by Gasteiger charge is 2.25. The molecule has 23 heavy (non-hydrogen) atoms. The maximum Gasteiger partial charge on any atom is 0.0580 e. The SMILES string of the molecule is OC1CCCCC1CN(Cc1ccccc1)Cc1ccccc1. The second kappa shape index (κ2) is 8.28. The maximum absolute atomic E-state index is 10.3. The van der Waals surface area contributed by atoms with Crippen molar-refractivity contribution in [1.29, 1.82) is 0 Å². The lowest BCUT2D eigenvalue weighted by Crippen LogP contribution is -2.36. The van der Waals surface area contributed by atoms with Gasteiger partial charge in [-0.3, -0.25) is 4.90 Å². The fourth-order valence-corrected chi connectivity index (χ4v) is 3.60. The summed E-state index contributed by atoms with van der Waals surface area (Å²) in [5.41, 5.74) is 2.68. The summed E-state index contributed by atoms with van der Waals surface area (Å²) in [6, 6.07) is 21.3. The molecule has 1 fully saturated rings. The van der Waals surface area contributed by atoms with E-state index < -0.39 is 0 Å². The molecule has 0 aromatic heterocycles. The maximum atomic E-state index is 10.3. The molecule has 0 radical (unpaired) electrons. The first-order valence-electron chi connectivity index (χ1n) is 8.79. The van der Waals surface area contributed by atoms with Gasteiger partial charge in [-0.15, -0.1) is 0 Å². The van der Waals surface area contributed by atoms with Gasteiger partial charge in [0.2, 0.25) is 0 Å². The summed E-state index contributed by atoms with van der Waals surface area (Å²) in [6.07, 6.45) is 4.43. The molecule has 2 aromatic rings. The summed E-state index contributed by atoms with van der Waals surface area (Å²) < 4.78 is 0. The largest absolute Gasteiger partial charge is 0.393 e. The molecule has 1 saturated carbocycles. The van der Waals surface area contributed by atoms with E-state index in [1.54, 1.807) is 0 Å². The van der Waals surface area contributed by atoms with Gasteiger partial charge in [-0.25, -0.2) is 0 Å². The van der Waals surface area contributed by atoms with Crippen LogP contribution in [0.2, 0.25) is 0 Å². The molecule has 0 saturated heterocycles. The third-order valence-electron chi connectivity index (χ3n) is 4.86. The average Bonchev–Trinajstić information content (AvgIpc) is 2.59. The van der Waals surface area contributed by atoms with Crippen LogP contribution in [0.1, 0.15) is 36.8 Å². The monoisotopic (exact) mass is 309 g/mol. The normalized spacial score (nSPS) is 21.5. The smallest absolute Gasteiger partial charge is 0.0580 e. The second-order valence-corrected chi connectivity index (χ2v) is 6.75. The van der Waals surface area contributed by atoms with E-state index in [4.69, 9.17) is 0 Å². The van der Waals surface area contributed by atoms with Crippen molar-refractivity contribution in [1.82, 2.24) is 4.90 Å². The first kappa shape index (κ1) is 16.2. The number of aliphatic hydroxyl groups excluding tert-OH is 1. The van der Waals surface area contributed by atoms with E-state index in [1.807, 2.05) is 0 Å². The minimum atomic E-state index is -0.127. The Morgan fingerprint density at radius 3 is 1.83 bits per heavy atom. The lowest BCUT2D eigenvalue weighted by molar-refractivity contribution is 0.0428. The van der Waals surface area contributed by atoms with Crippen LogP contribution in [0.4, 0.5) is 0 Å². The van der Waals surface area contributed by atoms with Crippen LogP contribution in [-0.4, -0.2) is 22.7 Å². The molecule has 1 N–H and O–H groups in total. The molecule has 2 unspecified atom stereocenters. The minimum absolute atomic E-state index is 0.127. The fourth-order valence-electron chi connectivity index (χ4n) is 3.60. The van der Waals surface area contributed by atoms with Gasteiger partial charge in [0.15, 0.2) is 0 Å². The van der Waals surface area contributed by atoms with E-state index in [9.17, 15) is 5.11 Å². The molecule has 0 spiro atoms. The van der Waals surface area contributed by atoms with Crippen LogP contribution in [-0.2, 0) is 13.1 Å². The molecule has 2 aromatic carbocycles. The summed E-state index contributed by atoms with van der Waals surface area (Å²) in [4.78, 5) is 2.49. The standard InChI is InChI=1S/C21H27NO/c23-21-14-8-7-13-20(21)17-22(15-18-9-3-1-4-10-18)16-19-11-5-2-6-12-19/h1-6,9-12,20-21,23H,7-8,13-17H2. The van der Waals surface area contributed by atoms with Gasteiger partial charge in [0.1, 0.15) is 0 Å². The molecule has 0 amide bonds. The molecular formula is C21H27NO. The number of nitrogens with zero attached hydrogens (tertiary/aromatic N) is 1. The van der Waals surface area contributed by atoms with E-state index >= 15 is 0 Å². The van der Waals surface area contributed by atoms with Gasteiger partial charge in [-0.1, -0.05) is 73.5 Å². The van der Waals surface area contributed by atoms with E-state index in [0.717, 1.165) is 32.5 Å². The highest BCUT2D eigenvalue weighted by atomic mass is 16.3. The van der Waals surface area contributed by atoms with Crippen molar-refractivity contribution < 1.29 is 5.11 Å². The summed E-state index contributed by atoms with van der Waals surface area (Å²) >= 11 is 0. The zero-order valence-corrected chi connectivity index (χ0v) is 13.8. The zero-order valence-electron chi connectivity index (χ0n) is 13.8. The van der Waals surface area contributed by atoms with Crippen LogP contribution >= 0.6 is 0 Å². The molecule has 3 rings (SSSR count). The lowest BCUT2D eigenvalue weighted by atomic mass is 9.86. The lowest BCUT2D eigenvalue weighted by Gasteiger charge is -2.33. The average molecular weight is 309 g/mol. The van der Waals surface area contributed by atoms with E-state index in [2.05, 4.69) is 65.6 Å². The molecule has 0 heterocycles. The predicted molar refractivity (Wildman–Crippen MR) is 95.0 cm³/mol. The van der Waals surface area contributed by atoms with Gasteiger partial charge in [-0.05, 0) is 29.9 Å². The molecule has 0 aliphatic heterocycles. The second-order valence-electron chi connectivity index (χ2n) is 6.75. The van der Waals surface area contributed by atoms with E-state index in [0.29, 0.717) is 5.92 Å². The number of hydrogen-bond donors (Lipinski definition) is 1. The Hall–Kier alpha value is -1.64. The van der Waals surface area contributed by atoms with Crippen LogP contribution in [0.5, 0.6) is 0 Å². The Morgan fingerprint density at radius 2 is 1.30 bits per heavy atom. The quantitative estimate of drug-likeness (QED) is 0.862. The third-order valence-corrected chi connectivity index (χ3v) is 4.86. The van der Waals surface area contributed by atoms with Gasteiger partial charge in [-0.2, -0.15) is 0 Å². The first-order chi connectivity index (χ1) is 11.3. The van der Waals surface area contributed by atoms with Crippen LogP contribution in [0, 0.1) is 5.92 Å². The highest BCUT2D eigenvalue weighted by Crippen LogP contribution is 2.26. The Morgan fingerprint density at radius 1 is 0.783 bits per heavy atom. The Bertz CT molecular complexity index is 527. The van der Waals surface area contributed by atoms with Crippen molar-refractivity contribution in [2.75, 3.05) is 6.54 Å². The molecular weight excluding hydrogens is 282 g/mol. The molecule has 0 bridgehead atoms. The fraction of sp³-hybridized carbons (Fsp3) is 0.429. The van der Waals surface area contributed by atoms with E-state index in [1.165, 1.54) is 24.0 Å². The molecule has 2 nitrogen and oxygen atoms in total. The van der Waals surface area contributed by atoms with Gasteiger partial charge in [0, 0.05) is 19.6 Å². The number of hydrogen-bond acceptors (Lipinski definition) is 2. The molecule has 122 valence electrons. The van der Waals surface area contributed by atoms with Crippen molar-refractivity contribution in [3.63, 3.8) is 0 Å². The van der Waals surface area contributed by atoms with Crippen molar-refractivity contribution >= 4 is 0 Å². The highest BCUT2D eigenvalue weighted by molar-refractivity contribution is 5.17. The predicted octanol–water partition coefficient (Wildman–Crippen LogP) is 4.24. The van der Waals surface area contributed by atoms with Crippen molar-refractivity contribution in [2.45, 2.75) is 44.9 Å². The van der Waals surface area contributed by atoms with Gasteiger partial charge in [0.25, 0.3) is 0 Å². The summed E-state index contributed by atoms with van der Waals surface area (Å²) in [5, 5.41) is 10.3. The summed E-state index contributed by atoms with van der Waals surface area (Å²) in [7, 11) is 0. The summed E-state index contributed by atoms with van der Waals surface area (Å²) in [6.45, 7) is 2.86. The molecule has 1 aliphatic rings. The molecule has 2 heteroatoms. The zero-order chi connectivity index (χ0) is 15.9. The van der Waals surface area contributed by atoms with Gasteiger partial charge >= 0.3 is 0 Å². The van der Waals surface area contributed by atoms with Crippen molar-refractivity contribution in [2.24, 2.45) is 5.92 Å². The minimum Gasteiger partial charge on any atom is -0.393 e. The Balaban J connectivity index is 1.69. The van der Waals surface area contributed by atoms with Crippen molar-refractivity contribution in [3.05, 3.63) is 71.8 Å². The summed E-state index contributed by atoms with van der Waals surface area (Å²) in [5.74, 6) is 0.413. The number of aliphatic hydroxyl groups is 1. The molecule has 1 aliphatic carbocycles. The number of benzene rings is 2. The Labute approximate surface area is 139 Å². The van der Waals surface area contributed by atoms with Gasteiger partial charge < -0.3 is 5.11 Å². The number of rotatable bonds is 6. The van der Waals surface area contributed by atoms with Crippen LogP contribution in [0.15, 0.2) is 60.7 Å². The van der Waals surface area contributed by atoms with Crippen LogP contribution < -0.4 is 0 Å². The Kier molecular flexibility index (Phi) is 5.84. The van der Waals surface area contributed by atoms with Crippen LogP contribution in [0.3, 0.4) is 0 Å².